The minimum absolute atomic E-state index is 0.210. The van der Waals surface area contributed by atoms with Gasteiger partial charge in [-0.05, 0) is 6.07 Å². The Balaban J connectivity index is 2.72. The van der Waals surface area contributed by atoms with Gasteiger partial charge < -0.3 is 19.9 Å². The van der Waals surface area contributed by atoms with Crippen LogP contribution in [0.25, 0.3) is 0 Å². The summed E-state index contributed by atoms with van der Waals surface area (Å²) in [5.41, 5.74) is 0.882. The maximum atomic E-state index is 12.1. The molecule has 6 nitrogen and oxygen atoms in total. The van der Waals surface area contributed by atoms with Gasteiger partial charge in [-0.2, -0.15) is 0 Å². The predicted octanol–water partition coefficient (Wildman–Crippen LogP) is -0.183. The molecule has 1 aromatic rings. The second-order valence-electron chi connectivity index (χ2n) is 3.90. The van der Waals surface area contributed by atoms with Gasteiger partial charge in [0.05, 0.1) is 23.8 Å². The summed E-state index contributed by atoms with van der Waals surface area (Å²) in [7, 11) is 3.12. The average molecular weight is 278 g/mol. The Morgan fingerprint density at radius 1 is 1.55 bits per heavy atom. The molecule has 0 radical (unpaired) electrons. The van der Waals surface area contributed by atoms with Gasteiger partial charge in [0.2, 0.25) is 0 Å². The lowest BCUT2D eigenvalue weighted by molar-refractivity contribution is 0.0285. The predicted molar refractivity (Wildman–Crippen MR) is 73.2 cm³/mol. The van der Waals surface area contributed by atoms with Gasteiger partial charge in [0.25, 0.3) is 5.91 Å². The van der Waals surface area contributed by atoms with Gasteiger partial charge >= 0.3 is 0 Å². The molecule has 1 aromatic heterocycles. The Labute approximate surface area is 118 Å². The van der Waals surface area contributed by atoms with Crippen molar-refractivity contribution in [2.45, 2.75) is 6.10 Å². The number of hydrogen-bond donors (Lipinski definition) is 2. The van der Waals surface area contributed by atoms with E-state index in [1.807, 2.05) is 0 Å². The van der Waals surface area contributed by atoms with Crippen molar-refractivity contribution in [3.8, 4) is 11.8 Å². The van der Waals surface area contributed by atoms with Gasteiger partial charge in [0.15, 0.2) is 0 Å². The summed E-state index contributed by atoms with van der Waals surface area (Å²) in [6, 6.07) is 1.58. The van der Waals surface area contributed by atoms with E-state index in [-0.39, 0.29) is 18.6 Å². The third kappa shape index (κ3) is 4.97. The van der Waals surface area contributed by atoms with Crippen LogP contribution in [0.2, 0.25) is 0 Å². The van der Waals surface area contributed by atoms with Crippen LogP contribution in [0.15, 0.2) is 18.5 Å². The molecule has 0 aliphatic rings. The lowest BCUT2D eigenvalue weighted by Crippen LogP contribution is -2.35. The van der Waals surface area contributed by atoms with E-state index in [4.69, 9.17) is 14.6 Å². The van der Waals surface area contributed by atoms with Crippen molar-refractivity contribution in [2.75, 3.05) is 34.0 Å². The first-order chi connectivity index (χ1) is 9.72. The number of aliphatic hydroxyl groups is 1. The van der Waals surface area contributed by atoms with E-state index in [9.17, 15) is 4.79 Å². The second-order valence-corrected chi connectivity index (χ2v) is 3.90. The maximum Gasteiger partial charge on any atom is 0.252 e. The Morgan fingerprint density at radius 2 is 2.35 bits per heavy atom. The molecule has 1 amide bonds. The topological polar surface area (TPSA) is 80.7 Å². The number of hydrogen-bond acceptors (Lipinski definition) is 5. The molecule has 20 heavy (non-hydrogen) atoms. The first-order valence-electron chi connectivity index (χ1n) is 6.06. The summed E-state index contributed by atoms with van der Waals surface area (Å²) >= 11 is 0. The van der Waals surface area contributed by atoms with Crippen molar-refractivity contribution in [1.29, 1.82) is 0 Å². The molecule has 1 rings (SSSR count). The minimum atomic E-state index is -0.271. The molecular formula is C14H18N2O4. The summed E-state index contributed by atoms with van der Waals surface area (Å²) in [6.45, 7) is 0.457. The summed E-state index contributed by atoms with van der Waals surface area (Å²) in [4.78, 5) is 16.0. The molecule has 0 aliphatic heterocycles. The molecule has 1 unspecified atom stereocenters. The van der Waals surface area contributed by atoms with Gasteiger partial charge in [-0.1, -0.05) is 11.8 Å². The molecule has 0 aromatic carbocycles. The number of carbonyl (C=O) groups is 1. The fourth-order valence-electron chi connectivity index (χ4n) is 1.52. The highest BCUT2D eigenvalue weighted by Crippen LogP contribution is 2.05. The van der Waals surface area contributed by atoms with Crippen LogP contribution in [0.4, 0.5) is 0 Å². The maximum absolute atomic E-state index is 12.1. The normalized spacial score (nSPS) is 11.3. The molecule has 0 saturated heterocycles. The number of pyridine rings is 1. The fraction of sp³-hybridized carbons (Fsp3) is 0.429. The minimum Gasteiger partial charge on any atom is -0.384 e. The molecule has 2 N–H and O–H groups in total. The largest absolute Gasteiger partial charge is 0.384 e. The van der Waals surface area contributed by atoms with Crippen LogP contribution < -0.4 is 5.32 Å². The molecule has 0 fully saturated rings. The van der Waals surface area contributed by atoms with Gasteiger partial charge in [0, 0.05) is 33.2 Å². The number of carbonyl (C=O) groups excluding carboxylic acids is 1. The molecule has 1 atom stereocenters. The van der Waals surface area contributed by atoms with Crippen LogP contribution in [-0.4, -0.2) is 56.1 Å². The highest BCUT2D eigenvalue weighted by molar-refractivity contribution is 5.96. The highest BCUT2D eigenvalue weighted by atomic mass is 16.5. The smallest absolute Gasteiger partial charge is 0.252 e. The summed E-state index contributed by atoms with van der Waals surface area (Å²) < 4.78 is 10.1. The number of nitrogens with zero attached hydrogens (tertiary/aromatic N) is 1. The van der Waals surface area contributed by atoms with Crippen molar-refractivity contribution in [2.24, 2.45) is 0 Å². The second kappa shape index (κ2) is 9.04. The number of methoxy groups -OCH3 is 2. The number of aromatic nitrogens is 1. The van der Waals surface area contributed by atoms with Gasteiger partial charge in [0.1, 0.15) is 6.61 Å². The molecule has 0 aliphatic carbocycles. The number of amides is 1. The Morgan fingerprint density at radius 3 is 3.00 bits per heavy atom. The summed E-state index contributed by atoms with van der Waals surface area (Å²) in [5, 5.41) is 11.4. The summed E-state index contributed by atoms with van der Waals surface area (Å²) in [5.74, 6) is 4.92. The zero-order valence-electron chi connectivity index (χ0n) is 11.5. The molecule has 0 spiro atoms. The Bertz CT molecular complexity index is 493. The zero-order valence-corrected chi connectivity index (χ0v) is 11.5. The van der Waals surface area contributed by atoms with Crippen LogP contribution in [0, 0.1) is 11.8 Å². The van der Waals surface area contributed by atoms with Crippen LogP contribution in [-0.2, 0) is 9.47 Å². The SMILES string of the molecule is COCC(CNC(=O)c1ccncc1C#CCO)OC. The molecule has 1 heterocycles. The molecule has 0 saturated carbocycles. The summed E-state index contributed by atoms with van der Waals surface area (Å²) in [6.07, 6.45) is 2.79. The van der Waals surface area contributed by atoms with E-state index in [1.165, 1.54) is 12.4 Å². The first-order valence-corrected chi connectivity index (χ1v) is 6.06. The van der Waals surface area contributed by atoms with E-state index >= 15 is 0 Å². The Kier molecular flexibility index (Phi) is 7.29. The third-order valence-electron chi connectivity index (χ3n) is 2.54. The van der Waals surface area contributed by atoms with Gasteiger partial charge in [-0.25, -0.2) is 0 Å². The van der Waals surface area contributed by atoms with Crippen LogP contribution >= 0.6 is 0 Å². The van der Waals surface area contributed by atoms with Crippen molar-refractivity contribution in [1.82, 2.24) is 10.3 Å². The molecule has 0 bridgehead atoms. The van der Waals surface area contributed by atoms with Crippen LogP contribution in [0.1, 0.15) is 15.9 Å². The highest BCUT2D eigenvalue weighted by Gasteiger charge is 2.13. The molecule has 108 valence electrons. The number of aliphatic hydroxyl groups excluding tert-OH is 1. The third-order valence-corrected chi connectivity index (χ3v) is 2.54. The monoisotopic (exact) mass is 278 g/mol. The van der Waals surface area contributed by atoms with Crippen molar-refractivity contribution in [3.63, 3.8) is 0 Å². The number of nitrogens with one attached hydrogen (secondary N) is 1. The van der Waals surface area contributed by atoms with Crippen molar-refractivity contribution < 1.29 is 19.4 Å². The fourth-order valence-corrected chi connectivity index (χ4v) is 1.52. The first kappa shape index (κ1) is 16.1. The quantitative estimate of drug-likeness (QED) is 0.705. The average Bonchev–Trinajstić information content (AvgIpc) is 2.49. The van der Waals surface area contributed by atoms with Crippen LogP contribution in [0.5, 0.6) is 0 Å². The van der Waals surface area contributed by atoms with Gasteiger partial charge in [-0.3, -0.25) is 9.78 Å². The van der Waals surface area contributed by atoms with E-state index < -0.39 is 0 Å². The number of ether oxygens (including phenoxy) is 2. The van der Waals surface area contributed by atoms with Crippen molar-refractivity contribution >= 4 is 5.91 Å². The lowest BCUT2D eigenvalue weighted by atomic mass is 10.1. The number of rotatable bonds is 6. The van der Waals surface area contributed by atoms with Crippen molar-refractivity contribution in [3.05, 3.63) is 29.6 Å². The Hall–Kier alpha value is -1.94. The standard InChI is InChI=1S/C14H18N2O4/c1-19-10-12(20-2)9-16-14(18)13-5-6-15-8-11(13)4-3-7-17/h5-6,8,12,17H,7,9-10H2,1-2H3,(H,16,18). The van der Waals surface area contributed by atoms with Gasteiger partial charge in [-0.15, -0.1) is 0 Å². The van der Waals surface area contributed by atoms with Crippen LogP contribution in [0.3, 0.4) is 0 Å². The van der Waals surface area contributed by atoms with E-state index in [0.29, 0.717) is 24.3 Å². The lowest BCUT2D eigenvalue weighted by Gasteiger charge is -2.15. The molecular weight excluding hydrogens is 260 g/mol. The van der Waals surface area contributed by atoms with E-state index in [0.717, 1.165) is 0 Å². The van der Waals surface area contributed by atoms with E-state index in [1.54, 1.807) is 20.3 Å². The zero-order chi connectivity index (χ0) is 14.8. The van der Waals surface area contributed by atoms with E-state index in [2.05, 4.69) is 22.1 Å². The molecule has 6 heteroatoms.